The van der Waals surface area contributed by atoms with Crippen molar-refractivity contribution in [1.82, 2.24) is 0 Å². The van der Waals surface area contributed by atoms with Gasteiger partial charge in [0.2, 0.25) is 0 Å². The van der Waals surface area contributed by atoms with E-state index in [1.165, 1.54) is 205 Å². The second-order valence-electron chi connectivity index (χ2n) is 22.7. The van der Waals surface area contributed by atoms with Gasteiger partial charge in [0.1, 0.15) is 13.2 Å². The van der Waals surface area contributed by atoms with Gasteiger partial charge in [-0.2, -0.15) is 0 Å². The van der Waals surface area contributed by atoms with Crippen LogP contribution in [-0.4, -0.2) is 37.2 Å². The largest absolute Gasteiger partial charge is 0.462 e. The predicted octanol–water partition coefficient (Wildman–Crippen LogP) is 23.3. The van der Waals surface area contributed by atoms with Crippen LogP contribution < -0.4 is 0 Å². The van der Waals surface area contributed by atoms with E-state index in [4.69, 9.17) is 14.2 Å². The third-order valence-electron chi connectivity index (χ3n) is 14.9. The first-order valence-electron chi connectivity index (χ1n) is 33.9. The third-order valence-corrected chi connectivity index (χ3v) is 14.9. The minimum atomic E-state index is -0.786. The fraction of sp³-hybridized carbons (Fsp3) is 0.792. The molecule has 0 heterocycles. The molecule has 0 aliphatic carbocycles. The number of carbonyl (C=O) groups excluding carboxylic acids is 3. The van der Waals surface area contributed by atoms with Gasteiger partial charge in [-0.1, -0.05) is 312 Å². The number of esters is 3. The Hall–Kier alpha value is -3.15. The quantitative estimate of drug-likeness (QED) is 0.0261. The summed E-state index contributed by atoms with van der Waals surface area (Å²) in [6.07, 6.45) is 86.3. The number of hydrogen-bond donors (Lipinski definition) is 0. The molecule has 0 aliphatic heterocycles. The predicted molar refractivity (Wildman–Crippen MR) is 339 cm³/mol. The van der Waals surface area contributed by atoms with Gasteiger partial charge in [-0.3, -0.25) is 14.4 Å². The van der Waals surface area contributed by atoms with Gasteiger partial charge in [0.05, 0.1) is 0 Å². The van der Waals surface area contributed by atoms with Gasteiger partial charge in [-0.05, 0) is 89.9 Å². The fourth-order valence-corrected chi connectivity index (χ4v) is 9.88. The molecule has 0 aromatic heterocycles. The summed E-state index contributed by atoms with van der Waals surface area (Å²) in [4.78, 5) is 38.4. The molecule has 6 nitrogen and oxygen atoms in total. The Bertz CT molecular complexity index is 1440. The van der Waals surface area contributed by atoms with E-state index in [2.05, 4.69) is 93.7 Å². The molecule has 452 valence electrons. The van der Waals surface area contributed by atoms with Crippen molar-refractivity contribution >= 4 is 17.9 Å². The first kappa shape index (κ1) is 74.8. The molecule has 78 heavy (non-hydrogen) atoms. The Labute approximate surface area is 484 Å². The molecule has 0 N–H and O–H groups in total. The van der Waals surface area contributed by atoms with E-state index in [1.54, 1.807) is 0 Å². The normalized spacial score (nSPS) is 12.5. The number of ether oxygens (including phenoxy) is 3. The van der Waals surface area contributed by atoms with E-state index >= 15 is 0 Å². The summed E-state index contributed by atoms with van der Waals surface area (Å²) in [5.41, 5.74) is 0. The first-order valence-corrected chi connectivity index (χ1v) is 33.9. The number of rotatable bonds is 62. The molecule has 6 heteroatoms. The maximum atomic E-state index is 12.9. The molecule has 0 saturated heterocycles. The van der Waals surface area contributed by atoms with Crippen LogP contribution in [0.5, 0.6) is 0 Å². The SMILES string of the molecule is CC/C=C\C/C=C\C/C=C\C/C=C\CCCCCCC(=O)OCC(COC(=O)CCCCCCCCCCCCCCC/C=C\C/C=C\CCCCCCC)OC(=O)CCCCCCCCCCCCCCCCCCCC. The molecule has 0 saturated carbocycles. The molecule has 0 fully saturated rings. The van der Waals surface area contributed by atoms with Crippen molar-refractivity contribution in [1.29, 1.82) is 0 Å². The summed E-state index contributed by atoms with van der Waals surface area (Å²) in [5, 5.41) is 0. The summed E-state index contributed by atoms with van der Waals surface area (Å²) in [5.74, 6) is -0.885. The zero-order chi connectivity index (χ0) is 56.4. The smallest absolute Gasteiger partial charge is 0.306 e. The first-order chi connectivity index (χ1) is 38.5. The number of unbranched alkanes of at least 4 members (excludes halogenated alkanes) is 39. The van der Waals surface area contributed by atoms with Crippen molar-refractivity contribution in [3.8, 4) is 0 Å². The topological polar surface area (TPSA) is 78.9 Å². The van der Waals surface area contributed by atoms with Crippen LogP contribution in [0.15, 0.2) is 72.9 Å². The van der Waals surface area contributed by atoms with Crippen LogP contribution in [0.4, 0.5) is 0 Å². The monoisotopic (exact) mass is 1090 g/mol. The minimum absolute atomic E-state index is 0.0803. The Balaban J connectivity index is 4.33. The molecule has 0 aromatic rings. The van der Waals surface area contributed by atoms with Crippen LogP contribution in [0.25, 0.3) is 0 Å². The Morgan fingerprint density at radius 3 is 0.782 bits per heavy atom. The average molecular weight is 1090 g/mol. The summed E-state index contributed by atoms with van der Waals surface area (Å²) < 4.78 is 17.0. The third kappa shape index (κ3) is 63.7. The summed E-state index contributed by atoms with van der Waals surface area (Å²) >= 11 is 0. The maximum Gasteiger partial charge on any atom is 0.306 e. The lowest BCUT2D eigenvalue weighted by atomic mass is 10.0. The van der Waals surface area contributed by atoms with Gasteiger partial charge in [-0.15, -0.1) is 0 Å². The van der Waals surface area contributed by atoms with Gasteiger partial charge >= 0.3 is 17.9 Å². The Kier molecular flexibility index (Phi) is 63.7. The van der Waals surface area contributed by atoms with E-state index in [1.807, 2.05) is 0 Å². The van der Waals surface area contributed by atoms with E-state index in [9.17, 15) is 14.4 Å². The van der Waals surface area contributed by atoms with Crippen LogP contribution in [0, 0.1) is 0 Å². The Morgan fingerprint density at radius 1 is 0.269 bits per heavy atom. The highest BCUT2D eigenvalue weighted by Gasteiger charge is 2.19. The van der Waals surface area contributed by atoms with Crippen LogP contribution in [0.3, 0.4) is 0 Å². The fourth-order valence-electron chi connectivity index (χ4n) is 9.88. The van der Waals surface area contributed by atoms with Crippen molar-refractivity contribution in [2.45, 2.75) is 354 Å². The van der Waals surface area contributed by atoms with Gasteiger partial charge in [0.15, 0.2) is 6.10 Å². The molecule has 0 radical (unpaired) electrons. The van der Waals surface area contributed by atoms with E-state index in [0.717, 1.165) is 103 Å². The summed E-state index contributed by atoms with van der Waals surface area (Å²) in [6, 6.07) is 0. The molecule has 0 bridgehead atoms. The highest BCUT2D eigenvalue weighted by Crippen LogP contribution is 2.17. The second-order valence-corrected chi connectivity index (χ2v) is 22.7. The lowest BCUT2D eigenvalue weighted by Crippen LogP contribution is -2.30. The van der Waals surface area contributed by atoms with Gasteiger partial charge in [0, 0.05) is 19.3 Å². The van der Waals surface area contributed by atoms with Crippen molar-refractivity contribution in [3.05, 3.63) is 72.9 Å². The molecule has 0 amide bonds. The van der Waals surface area contributed by atoms with Crippen LogP contribution in [0.1, 0.15) is 348 Å². The summed E-state index contributed by atoms with van der Waals surface area (Å²) in [6.45, 7) is 6.55. The molecule has 0 spiro atoms. The highest BCUT2D eigenvalue weighted by molar-refractivity contribution is 5.71. The van der Waals surface area contributed by atoms with E-state index in [0.29, 0.717) is 19.3 Å². The van der Waals surface area contributed by atoms with Gasteiger partial charge in [0.25, 0.3) is 0 Å². The van der Waals surface area contributed by atoms with Gasteiger partial charge in [-0.25, -0.2) is 0 Å². The highest BCUT2D eigenvalue weighted by atomic mass is 16.6. The molecular formula is C72H128O6. The average Bonchev–Trinajstić information content (AvgIpc) is 3.44. The van der Waals surface area contributed by atoms with Crippen LogP contribution in [-0.2, 0) is 28.6 Å². The Morgan fingerprint density at radius 2 is 0.500 bits per heavy atom. The molecule has 1 unspecified atom stereocenters. The van der Waals surface area contributed by atoms with Crippen molar-refractivity contribution in [2.75, 3.05) is 13.2 Å². The van der Waals surface area contributed by atoms with Crippen molar-refractivity contribution in [2.24, 2.45) is 0 Å². The number of carbonyl (C=O) groups is 3. The molecule has 0 aliphatic rings. The molecule has 0 aromatic carbocycles. The van der Waals surface area contributed by atoms with Crippen LogP contribution in [0.2, 0.25) is 0 Å². The second kappa shape index (κ2) is 66.4. The van der Waals surface area contributed by atoms with E-state index in [-0.39, 0.29) is 31.1 Å². The molecule has 0 rings (SSSR count). The van der Waals surface area contributed by atoms with Gasteiger partial charge < -0.3 is 14.2 Å². The lowest BCUT2D eigenvalue weighted by molar-refractivity contribution is -0.167. The summed E-state index contributed by atoms with van der Waals surface area (Å²) in [7, 11) is 0. The zero-order valence-electron chi connectivity index (χ0n) is 51.9. The zero-order valence-corrected chi connectivity index (χ0v) is 51.9. The number of hydrogen-bond acceptors (Lipinski definition) is 6. The minimum Gasteiger partial charge on any atom is -0.462 e. The molecular weight excluding hydrogens is 961 g/mol. The lowest BCUT2D eigenvalue weighted by Gasteiger charge is -2.18. The van der Waals surface area contributed by atoms with Crippen molar-refractivity contribution < 1.29 is 28.6 Å². The number of allylic oxidation sites excluding steroid dienone is 12. The standard InChI is InChI=1S/C72H128O6/c1-4-7-10-13-16-19-22-25-28-31-33-34-35-36-37-38-39-42-44-47-50-53-56-59-62-65-71(74)77-68-69(67-76-70(73)64-61-58-55-52-49-46-43-40-30-27-24-21-18-15-12-9-6-3)78-72(75)66-63-60-57-54-51-48-45-41-32-29-26-23-20-17-14-11-8-5-2/h9,12,18,21-22,25,27,30-31,33,43,46,69H,4-8,10-11,13-17,19-20,23-24,26,28-29,32,34-42,44-45,47-68H2,1-3H3/b12-9-,21-18-,25-22-,30-27-,33-31-,46-43-. The van der Waals surface area contributed by atoms with Crippen LogP contribution >= 0.6 is 0 Å². The van der Waals surface area contributed by atoms with E-state index < -0.39 is 6.10 Å². The van der Waals surface area contributed by atoms with Crippen molar-refractivity contribution in [3.63, 3.8) is 0 Å². The molecule has 1 atom stereocenters. The maximum absolute atomic E-state index is 12.9.